The van der Waals surface area contributed by atoms with E-state index in [-0.39, 0.29) is 16.7 Å². The minimum absolute atomic E-state index is 0.0539. The summed E-state index contributed by atoms with van der Waals surface area (Å²) in [5.41, 5.74) is -0.123. The molecule has 0 aliphatic heterocycles. The number of ether oxygens (including phenoxy) is 1. The van der Waals surface area contributed by atoms with Crippen molar-refractivity contribution in [3.05, 3.63) is 34.4 Å². The van der Waals surface area contributed by atoms with E-state index in [4.69, 9.17) is 4.74 Å². The van der Waals surface area contributed by atoms with Gasteiger partial charge in [0.25, 0.3) is 5.69 Å². The SMILES string of the molecule is CCCCCN(C)CCCCCCOC1CCC(CNS(=O)(=O)c2ccc([N+](=O)[O-])cc2)CC1. The van der Waals surface area contributed by atoms with Crippen LogP contribution < -0.4 is 4.72 Å². The van der Waals surface area contributed by atoms with Crippen molar-refractivity contribution in [2.75, 3.05) is 33.3 Å². The van der Waals surface area contributed by atoms with Crippen molar-refractivity contribution < 1.29 is 18.1 Å². The number of hydrogen-bond acceptors (Lipinski definition) is 6. The van der Waals surface area contributed by atoms with Crippen LogP contribution in [0.2, 0.25) is 0 Å². The first kappa shape index (κ1) is 28.7. The molecular weight excluding hydrogens is 454 g/mol. The van der Waals surface area contributed by atoms with Crippen LogP contribution in [-0.4, -0.2) is 57.6 Å². The second kappa shape index (κ2) is 15.4. The third-order valence-corrected chi connectivity index (χ3v) is 8.08. The quantitative estimate of drug-likeness (QED) is 0.182. The average Bonchev–Trinajstić information content (AvgIpc) is 2.83. The van der Waals surface area contributed by atoms with Gasteiger partial charge in [-0.05, 0) is 83.1 Å². The van der Waals surface area contributed by atoms with Gasteiger partial charge in [0.15, 0.2) is 0 Å². The predicted molar refractivity (Wildman–Crippen MR) is 135 cm³/mol. The van der Waals surface area contributed by atoms with Crippen LogP contribution in [0.3, 0.4) is 0 Å². The van der Waals surface area contributed by atoms with Gasteiger partial charge in [-0.25, -0.2) is 13.1 Å². The number of unbranched alkanes of at least 4 members (excludes halogenated alkanes) is 5. The number of sulfonamides is 1. The first-order chi connectivity index (χ1) is 16.3. The zero-order valence-corrected chi connectivity index (χ0v) is 21.7. The molecule has 34 heavy (non-hydrogen) atoms. The van der Waals surface area contributed by atoms with Crippen molar-refractivity contribution in [1.29, 1.82) is 0 Å². The molecule has 0 saturated heterocycles. The molecule has 0 atom stereocenters. The Labute approximate surface area is 205 Å². The molecule has 9 heteroatoms. The number of non-ortho nitro benzene ring substituents is 1. The Balaban J connectivity index is 1.53. The highest BCUT2D eigenvalue weighted by molar-refractivity contribution is 7.89. The lowest BCUT2D eigenvalue weighted by molar-refractivity contribution is -0.384. The number of benzene rings is 1. The fourth-order valence-electron chi connectivity index (χ4n) is 4.39. The summed E-state index contributed by atoms with van der Waals surface area (Å²) >= 11 is 0. The summed E-state index contributed by atoms with van der Waals surface area (Å²) in [7, 11) is -1.44. The predicted octanol–water partition coefficient (Wildman–Crippen LogP) is 5.13. The van der Waals surface area contributed by atoms with Gasteiger partial charge in [-0.3, -0.25) is 10.1 Å². The van der Waals surface area contributed by atoms with E-state index in [1.165, 1.54) is 75.9 Å². The third-order valence-electron chi connectivity index (χ3n) is 6.64. The third kappa shape index (κ3) is 10.8. The van der Waals surface area contributed by atoms with E-state index >= 15 is 0 Å². The fraction of sp³-hybridized carbons (Fsp3) is 0.760. The van der Waals surface area contributed by atoms with E-state index in [0.717, 1.165) is 38.7 Å². The van der Waals surface area contributed by atoms with Gasteiger partial charge in [0.1, 0.15) is 0 Å². The van der Waals surface area contributed by atoms with Gasteiger partial charge >= 0.3 is 0 Å². The molecule has 2 rings (SSSR count). The molecule has 8 nitrogen and oxygen atoms in total. The topological polar surface area (TPSA) is 102 Å². The highest BCUT2D eigenvalue weighted by Gasteiger charge is 2.24. The van der Waals surface area contributed by atoms with Crippen LogP contribution in [0.1, 0.15) is 77.6 Å². The summed E-state index contributed by atoms with van der Waals surface area (Å²) in [6.45, 7) is 5.83. The molecule has 1 aliphatic carbocycles. The minimum atomic E-state index is -3.66. The summed E-state index contributed by atoms with van der Waals surface area (Å²) < 4.78 is 33.6. The van der Waals surface area contributed by atoms with Crippen LogP contribution in [0.5, 0.6) is 0 Å². The number of nitrogens with one attached hydrogen (secondary N) is 1. The lowest BCUT2D eigenvalue weighted by atomic mass is 9.87. The van der Waals surface area contributed by atoms with Crippen molar-refractivity contribution in [3.63, 3.8) is 0 Å². The molecule has 194 valence electrons. The van der Waals surface area contributed by atoms with E-state index in [1.807, 2.05) is 0 Å². The molecular formula is C25H43N3O5S. The van der Waals surface area contributed by atoms with Gasteiger partial charge in [-0.15, -0.1) is 0 Å². The molecule has 1 aromatic carbocycles. The first-order valence-corrected chi connectivity index (χ1v) is 14.3. The van der Waals surface area contributed by atoms with Crippen molar-refractivity contribution >= 4 is 15.7 Å². The van der Waals surface area contributed by atoms with Crippen LogP contribution >= 0.6 is 0 Å². The Kier molecular flexibility index (Phi) is 13.0. The lowest BCUT2D eigenvalue weighted by Crippen LogP contribution is -2.32. The van der Waals surface area contributed by atoms with Crippen molar-refractivity contribution in [2.45, 2.75) is 88.6 Å². The van der Waals surface area contributed by atoms with Crippen molar-refractivity contribution in [1.82, 2.24) is 9.62 Å². The molecule has 1 saturated carbocycles. The minimum Gasteiger partial charge on any atom is -0.378 e. The zero-order valence-electron chi connectivity index (χ0n) is 20.9. The molecule has 0 unspecified atom stereocenters. The lowest BCUT2D eigenvalue weighted by Gasteiger charge is -2.28. The number of rotatable bonds is 17. The van der Waals surface area contributed by atoms with Gasteiger partial charge in [-0.2, -0.15) is 0 Å². The summed E-state index contributed by atoms with van der Waals surface area (Å²) in [4.78, 5) is 12.7. The molecule has 0 amide bonds. The molecule has 1 aromatic rings. The molecule has 0 spiro atoms. The smallest absolute Gasteiger partial charge is 0.269 e. The number of hydrogen-bond donors (Lipinski definition) is 1. The van der Waals surface area contributed by atoms with Crippen LogP contribution in [0.4, 0.5) is 5.69 Å². The van der Waals surface area contributed by atoms with E-state index < -0.39 is 14.9 Å². The van der Waals surface area contributed by atoms with Crippen LogP contribution in [0.15, 0.2) is 29.2 Å². The molecule has 0 heterocycles. The van der Waals surface area contributed by atoms with Crippen molar-refractivity contribution in [2.24, 2.45) is 5.92 Å². The van der Waals surface area contributed by atoms with Crippen molar-refractivity contribution in [3.8, 4) is 0 Å². The van der Waals surface area contributed by atoms with E-state index in [9.17, 15) is 18.5 Å². The summed E-state index contributed by atoms with van der Waals surface area (Å²) in [5.74, 6) is 0.294. The van der Waals surface area contributed by atoms with E-state index in [2.05, 4.69) is 23.6 Å². The average molecular weight is 498 g/mol. The van der Waals surface area contributed by atoms with Gasteiger partial charge in [-0.1, -0.05) is 32.6 Å². The maximum Gasteiger partial charge on any atom is 0.269 e. The first-order valence-electron chi connectivity index (χ1n) is 12.9. The summed E-state index contributed by atoms with van der Waals surface area (Å²) in [6.07, 6.45) is 12.8. The standard InChI is InChI=1S/C25H43N3O5S/c1-3-4-7-18-27(2)19-8-5-6-9-20-33-24-14-10-22(11-15-24)21-26-34(31,32)25-16-12-23(13-17-25)28(29)30/h12-13,16-17,22,24,26H,3-11,14-15,18-21H2,1-2H3. The van der Waals surface area contributed by atoms with Crippen LogP contribution in [0.25, 0.3) is 0 Å². The Morgan fingerprint density at radius 1 is 1.00 bits per heavy atom. The molecule has 0 radical (unpaired) electrons. The Morgan fingerprint density at radius 3 is 2.24 bits per heavy atom. The zero-order chi connectivity index (χ0) is 24.8. The normalized spacial score (nSPS) is 18.9. The van der Waals surface area contributed by atoms with Crippen LogP contribution in [0, 0.1) is 16.0 Å². The molecule has 0 aromatic heterocycles. The van der Waals surface area contributed by atoms with Gasteiger partial charge in [0.2, 0.25) is 10.0 Å². The Hall–Kier alpha value is -1.55. The Morgan fingerprint density at radius 2 is 1.62 bits per heavy atom. The summed E-state index contributed by atoms with van der Waals surface area (Å²) in [5, 5.41) is 10.7. The van der Waals surface area contributed by atoms with E-state index in [0.29, 0.717) is 12.5 Å². The number of nitro groups is 1. The second-order valence-electron chi connectivity index (χ2n) is 9.54. The van der Waals surface area contributed by atoms with Gasteiger partial charge in [0.05, 0.1) is 15.9 Å². The van der Waals surface area contributed by atoms with Crippen LogP contribution in [-0.2, 0) is 14.8 Å². The molecule has 1 aliphatic rings. The maximum absolute atomic E-state index is 12.5. The Bertz CT molecular complexity index is 808. The molecule has 1 fully saturated rings. The monoisotopic (exact) mass is 497 g/mol. The van der Waals surface area contributed by atoms with E-state index in [1.54, 1.807) is 0 Å². The maximum atomic E-state index is 12.5. The summed E-state index contributed by atoms with van der Waals surface area (Å²) in [6, 6.07) is 4.97. The number of nitro benzene ring substituents is 1. The highest BCUT2D eigenvalue weighted by atomic mass is 32.2. The van der Waals surface area contributed by atoms with Gasteiger partial charge in [0, 0.05) is 25.3 Å². The van der Waals surface area contributed by atoms with Gasteiger partial charge < -0.3 is 9.64 Å². The molecule has 1 N–H and O–H groups in total. The fourth-order valence-corrected chi connectivity index (χ4v) is 5.51. The second-order valence-corrected chi connectivity index (χ2v) is 11.3. The molecule has 0 bridgehead atoms. The highest BCUT2D eigenvalue weighted by Crippen LogP contribution is 2.26. The largest absolute Gasteiger partial charge is 0.378 e. The number of nitrogens with zero attached hydrogens (tertiary/aromatic N) is 2.